The minimum Gasteiger partial charge on any atom is -0.394 e. The highest BCUT2D eigenvalue weighted by atomic mass is 79.9. The second kappa shape index (κ2) is 8.17. The van der Waals surface area contributed by atoms with Crippen LogP contribution < -0.4 is 10.6 Å². The number of carbonyl (C=O) groups excluding carboxylic acids is 1. The molecule has 1 aromatic rings. The molecule has 1 rings (SSSR count). The van der Waals surface area contributed by atoms with E-state index < -0.39 is 0 Å². The van der Waals surface area contributed by atoms with E-state index in [9.17, 15) is 4.79 Å². The first-order valence-electron chi connectivity index (χ1n) is 6.54. The van der Waals surface area contributed by atoms with Crippen molar-refractivity contribution in [3.8, 4) is 0 Å². The Labute approximate surface area is 122 Å². The Bertz CT molecular complexity index is 408. The highest BCUT2D eigenvalue weighted by molar-refractivity contribution is 9.10. The van der Waals surface area contributed by atoms with Crippen LogP contribution in [0.25, 0.3) is 0 Å². The molecule has 4 nitrogen and oxygen atoms in total. The number of hydrogen-bond acceptors (Lipinski definition) is 2. The van der Waals surface area contributed by atoms with Gasteiger partial charge in [-0.25, -0.2) is 4.79 Å². The monoisotopic (exact) mass is 328 g/mol. The van der Waals surface area contributed by atoms with Crippen molar-refractivity contribution in [1.82, 2.24) is 10.6 Å². The number of carbonyl (C=O) groups is 1. The third-order valence-electron chi connectivity index (χ3n) is 3.04. The van der Waals surface area contributed by atoms with E-state index in [1.54, 1.807) is 0 Å². The van der Waals surface area contributed by atoms with Crippen LogP contribution >= 0.6 is 15.9 Å². The fourth-order valence-electron chi connectivity index (χ4n) is 1.82. The van der Waals surface area contributed by atoms with Crippen LogP contribution in [0.5, 0.6) is 0 Å². The zero-order valence-corrected chi connectivity index (χ0v) is 12.9. The fraction of sp³-hybridized carbons (Fsp3) is 0.500. The smallest absolute Gasteiger partial charge is 0.315 e. The maximum atomic E-state index is 11.9. The summed E-state index contributed by atoms with van der Waals surface area (Å²) in [6.07, 6.45) is 1.50. The summed E-state index contributed by atoms with van der Waals surface area (Å²) in [7, 11) is 0. The van der Waals surface area contributed by atoms with Crippen LogP contribution in [-0.2, 0) is 0 Å². The molecule has 5 heteroatoms. The van der Waals surface area contributed by atoms with Gasteiger partial charge in [0.25, 0.3) is 0 Å². The molecule has 0 spiro atoms. The predicted molar refractivity (Wildman–Crippen MR) is 80.0 cm³/mol. The molecule has 0 saturated carbocycles. The van der Waals surface area contributed by atoms with E-state index in [4.69, 9.17) is 5.11 Å². The summed E-state index contributed by atoms with van der Waals surface area (Å²) in [5, 5.41) is 14.8. The van der Waals surface area contributed by atoms with Crippen molar-refractivity contribution in [2.75, 3.05) is 6.61 Å². The van der Waals surface area contributed by atoms with E-state index in [1.807, 2.05) is 38.1 Å². The molecule has 0 aliphatic rings. The average Bonchev–Trinajstić information content (AvgIpc) is 2.43. The van der Waals surface area contributed by atoms with Crippen molar-refractivity contribution in [3.63, 3.8) is 0 Å². The average molecular weight is 329 g/mol. The molecule has 0 aromatic heterocycles. The molecule has 2 unspecified atom stereocenters. The van der Waals surface area contributed by atoms with Crippen molar-refractivity contribution < 1.29 is 9.90 Å². The van der Waals surface area contributed by atoms with Crippen molar-refractivity contribution in [3.05, 3.63) is 34.3 Å². The largest absolute Gasteiger partial charge is 0.394 e. The molecule has 1 aromatic carbocycles. The summed E-state index contributed by atoms with van der Waals surface area (Å²) < 4.78 is 0.983. The second-order valence-electron chi connectivity index (χ2n) is 4.39. The quantitative estimate of drug-likeness (QED) is 0.751. The Morgan fingerprint density at radius 1 is 1.26 bits per heavy atom. The molecule has 19 heavy (non-hydrogen) atoms. The molecule has 0 saturated heterocycles. The number of aliphatic hydroxyl groups excluding tert-OH is 1. The zero-order chi connectivity index (χ0) is 14.3. The van der Waals surface area contributed by atoms with Crippen LogP contribution in [0.15, 0.2) is 28.7 Å². The lowest BCUT2D eigenvalue weighted by molar-refractivity contribution is 0.211. The van der Waals surface area contributed by atoms with Crippen LogP contribution in [0, 0.1) is 0 Å². The van der Waals surface area contributed by atoms with Gasteiger partial charge < -0.3 is 15.7 Å². The Morgan fingerprint density at radius 2 is 1.95 bits per heavy atom. The molecule has 0 aliphatic carbocycles. The van der Waals surface area contributed by atoms with Gasteiger partial charge in [0.2, 0.25) is 0 Å². The number of halogens is 1. The summed E-state index contributed by atoms with van der Waals surface area (Å²) in [4.78, 5) is 11.9. The SMILES string of the molecule is CCC(CO)NC(=O)NC(CC)c1ccccc1Br. The number of nitrogens with one attached hydrogen (secondary N) is 2. The third kappa shape index (κ3) is 4.84. The van der Waals surface area contributed by atoms with E-state index in [1.165, 1.54) is 0 Å². The summed E-state index contributed by atoms with van der Waals surface area (Å²) in [6.45, 7) is 3.90. The standard InChI is InChI=1S/C14H21BrN2O2/c1-3-10(9-18)16-14(19)17-13(4-2)11-7-5-6-8-12(11)15/h5-8,10,13,18H,3-4,9H2,1-2H3,(H2,16,17,19). The first-order valence-corrected chi connectivity index (χ1v) is 7.33. The molecule has 0 aliphatic heterocycles. The van der Waals surface area contributed by atoms with Crippen LogP contribution in [0.3, 0.4) is 0 Å². The minimum absolute atomic E-state index is 0.0459. The minimum atomic E-state index is -0.247. The van der Waals surface area contributed by atoms with Gasteiger partial charge in [-0.05, 0) is 24.5 Å². The molecule has 106 valence electrons. The first kappa shape index (κ1) is 16.0. The Morgan fingerprint density at radius 3 is 2.47 bits per heavy atom. The molecule has 0 heterocycles. The van der Waals surface area contributed by atoms with Gasteiger partial charge >= 0.3 is 6.03 Å². The van der Waals surface area contributed by atoms with E-state index >= 15 is 0 Å². The molecule has 0 bridgehead atoms. The molecule has 0 radical (unpaired) electrons. The lowest BCUT2D eigenvalue weighted by Crippen LogP contribution is -2.44. The number of urea groups is 1. The van der Waals surface area contributed by atoms with Crippen molar-refractivity contribution in [1.29, 1.82) is 0 Å². The van der Waals surface area contributed by atoms with Crippen molar-refractivity contribution in [2.45, 2.75) is 38.8 Å². The Hall–Kier alpha value is -1.07. The number of hydrogen-bond donors (Lipinski definition) is 3. The van der Waals surface area contributed by atoms with Gasteiger partial charge in [0.1, 0.15) is 0 Å². The van der Waals surface area contributed by atoms with Crippen LogP contribution in [0.4, 0.5) is 4.79 Å². The normalized spacial score (nSPS) is 13.7. The highest BCUT2D eigenvalue weighted by Crippen LogP contribution is 2.25. The maximum absolute atomic E-state index is 11.9. The van der Waals surface area contributed by atoms with Crippen LogP contribution in [-0.4, -0.2) is 23.8 Å². The number of amides is 2. The van der Waals surface area contributed by atoms with Gasteiger partial charge in [0, 0.05) is 4.47 Å². The lowest BCUT2D eigenvalue weighted by atomic mass is 10.1. The molecular weight excluding hydrogens is 308 g/mol. The topological polar surface area (TPSA) is 61.4 Å². The summed E-state index contributed by atoms with van der Waals surface area (Å²) >= 11 is 3.49. The molecular formula is C14H21BrN2O2. The molecule has 0 fully saturated rings. The summed E-state index contributed by atoms with van der Waals surface area (Å²) in [5.74, 6) is 0. The number of aliphatic hydroxyl groups is 1. The lowest BCUT2D eigenvalue weighted by Gasteiger charge is -2.21. The van der Waals surface area contributed by atoms with Crippen molar-refractivity contribution in [2.24, 2.45) is 0 Å². The summed E-state index contributed by atoms with van der Waals surface area (Å²) in [6, 6.07) is 7.35. The fourth-order valence-corrected chi connectivity index (χ4v) is 2.38. The number of benzene rings is 1. The first-order chi connectivity index (χ1) is 9.12. The van der Waals surface area contributed by atoms with Gasteiger partial charge in [-0.15, -0.1) is 0 Å². The molecule has 2 atom stereocenters. The summed E-state index contributed by atoms with van der Waals surface area (Å²) in [5.41, 5.74) is 1.05. The predicted octanol–water partition coefficient (Wildman–Crippen LogP) is 2.97. The Balaban J connectivity index is 2.67. The number of rotatable bonds is 6. The highest BCUT2D eigenvalue weighted by Gasteiger charge is 2.16. The second-order valence-corrected chi connectivity index (χ2v) is 5.24. The third-order valence-corrected chi connectivity index (χ3v) is 3.76. The van der Waals surface area contributed by atoms with Gasteiger partial charge in [-0.3, -0.25) is 0 Å². The van der Waals surface area contributed by atoms with Gasteiger partial charge in [-0.1, -0.05) is 48.0 Å². The molecule has 2 amide bonds. The van der Waals surface area contributed by atoms with E-state index in [-0.39, 0.29) is 24.7 Å². The van der Waals surface area contributed by atoms with Gasteiger partial charge in [0.05, 0.1) is 18.7 Å². The Kier molecular flexibility index (Phi) is 6.87. The van der Waals surface area contributed by atoms with E-state index in [0.717, 1.165) is 16.5 Å². The van der Waals surface area contributed by atoms with Crippen molar-refractivity contribution >= 4 is 22.0 Å². The maximum Gasteiger partial charge on any atom is 0.315 e. The van der Waals surface area contributed by atoms with Gasteiger partial charge in [0.15, 0.2) is 0 Å². The van der Waals surface area contributed by atoms with E-state index in [2.05, 4.69) is 26.6 Å². The van der Waals surface area contributed by atoms with Crippen LogP contribution in [0.1, 0.15) is 38.3 Å². The van der Waals surface area contributed by atoms with E-state index in [0.29, 0.717) is 6.42 Å². The molecule has 3 N–H and O–H groups in total. The van der Waals surface area contributed by atoms with Gasteiger partial charge in [-0.2, -0.15) is 0 Å². The van der Waals surface area contributed by atoms with Crippen LogP contribution in [0.2, 0.25) is 0 Å². The zero-order valence-electron chi connectivity index (χ0n) is 11.3.